The average Bonchev–Trinajstić information content (AvgIpc) is 2.58. The molecule has 2 nitrogen and oxygen atoms in total. The molecule has 2 rings (SSSR count). The van der Waals surface area contributed by atoms with Gasteiger partial charge in [-0.15, -0.1) is 0 Å². The molecule has 0 radical (unpaired) electrons. The van der Waals surface area contributed by atoms with Crippen LogP contribution in [0.1, 0.15) is 42.0 Å². The van der Waals surface area contributed by atoms with Crippen molar-refractivity contribution in [2.45, 2.75) is 32.4 Å². The fraction of sp³-hybridized carbons (Fsp3) is 0.263. The Hall–Kier alpha value is -2.50. The third-order valence-corrected chi connectivity index (χ3v) is 3.59. The Balaban J connectivity index is 1.99. The van der Waals surface area contributed by atoms with Crippen molar-refractivity contribution in [3.05, 3.63) is 70.5 Å². The minimum atomic E-state index is -4.37. The molecule has 0 unspecified atom stereocenters. The van der Waals surface area contributed by atoms with Crippen LogP contribution in [0.2, 0.25) is 0 Å². The van der Waals surface area contributed by atoms with Crippen molar-refractivity contribution in [2.24, 2.45) is 10.2 Å². The van der Waals surface area contributed by atoms with Crippen molar-refractivity contribution in [3.63, 3.8) is 0 Å². The minimum Gasteiger partial charge on any atom is -0.206 e. The summed E-state index contributed by atoms with van der Waals surface area (Å²) < 4.78 is 51.3. The quantitative estimate of drug-likeness (QED) is 0.366. The van der Waals surface area contributed by atoms with Crippen LogP contribution in [0.25, 0.3) is 0 Å². The third kappa shape index (κ3) is 5.81. The smallest absolute Gasteiger partial charge is 0.206 e. The molecule has 0 atom stereocenters. The Morgan fingerprint density at radius 3 is 2.24 bits per heavy atom. The lowest BCUT2D eigenvalue weighted by molar-refractivity contribution is -0.137. The number of benzene rings is 2. The van der Waals surface area contributed by atoms with Crippen LogP contribution in [0.15, 0.2) is 52.7 Å². The Morgan fingerprint density at radius 1 is 0.960 bits per heavy atom. The van der Waals surface area contributed by atoms with E-state index in [4.69, 9.17) is 0 Å². The molecule has 0 fully saturated rings. The van der Waals surface area contributed by atoms with Crippen molar-refractivity contribution >= 4 is 12.4 Å². The highest BCUT2D eigenvalue weighted by molar-refractivity contribution is 5.82. The number of rotatable bonds is 6. The van der Waals surface area contributed by atoms with Crippen molar-refractivity contribution in [1.82, 2.24) is 0 Å². The Bertz CT molecular complexity index is 747. The molecule has 0 aliphatic heterocycles. The van der Waals surface area contributed by atoms with Gasteiger partial charge in [0.15, 0.2) is 0 Å². The van der Waals surface area contributed by atoms with E-state index in [1.54, 1.807) is 6.07 Å². The van der Waals surface area contributed by atoms with E-state index in [9.17, 15) is 17.6 Å². The zero-order valence-corrected chi connectivity index (χ0v) is 13.7. The number of alkyl halides is 3. The van der Waals surface area contributed by atoms with Gasteiger partial charge in [-0.3, -0.25) is 0 Å². The van der Waals surface area contributed by atoms with Crippen LogP contribution >= 0.6 is 0 Å². The van der Waals surface area contributed by atoms with Gasteiger partial charge in [0.2, 0.25) is 0 Å². The summed E-state index contributed by atoms with van der Waals surface area (Å²) in [6.45, 7) is 2.08. The SMILES string of the molecule is CCCCc1ccc(C=NN=Cc2ccc(C(F)(F)F)cc2)c(F)c1. The molecule has 2 aromatic rings. The lowest BCUT2D eigenvalue weighted by Crippen LogP contribution is -2.04. The molecule has 6 heteroatoms. The lowest BCUT2D eigenvalue weighted by atomic mass is 10.1. The van der Waals surface area contributed by atoms with Crippen LogP contribution in [0.4, 0.5) is 17.6 Å². The van der Waals surface area contributed by atoms with Gasteiger partial charge in [0.25, 0.3) is 0 Å². The molecule has 0 spiro atoms. The topological polar surface area (TPSA) is 24.7 Å². The van der Waals surface area contributed by atoms with E-state index in [-0.39, 0.29) is 5.82 Å². The van der Waals surface area contributed by atoms with Crippen LogP contribution in [-0.2, 0) is 12.6 Å². The maximum absolute atomic E-state index is 13.9. The molecule has 0 N–H and O–H groups in total. The molecule has 0 bridgehead atoms. The second kappa shape index (κ2) is 8.55. The summed E-state index contributed by atoms with van der Waals surface area (Å²) in [5, 5.41) is 7.48. The molecule has 0 amide bonds. The van der Waals surface area contributed by atoms with E-state index in [1.165, 1.54) is 30.6 Å². The summed E-state index contributed by atoms with van der Waals surface area (Å²) in [6, 6.07) is 9.50. The van der Waals surface area contributed by atoms with Gasteiger partial charge < -0.3 is 0 Å². The Labute approximate surface area is 143 Å². The highest BCUT2D eigenvalue weighted by Gasteiger charge is 2.29. The van der Waals surface area contributed by atoms with E-state index in [1.807, 2.05) is 6.07 Å². The standard InChI is InChI=1S/C19H18F4N2/c1-2-3-4-14-5-8-16(18(20)11-14)13-25-24-12-15-6-9-17(10-7-15)19(21,22)23/h5-13H,2-4H2,1H3. The number of hydrogen-bond donors (Lipinski definition) is 0. The van der Waals surface area contributed by atoms with E-state index in [0.29, 0.717) is 11.1 Å². The van der Waals surface area contributed by atoms with E-state index >= 15 is 0 Å². The molecular weight excluding hydrogens is 332 g/mol. The van der Waals surface area contributed by atoms with Gasteiger partial charge in [-0.25, -0.2) is 4.39 Å². The molecular formula is C19H18F4N2. The average molecular weight is 350 g/mol. The Morgan fingerprint density at radius 2 is 1.64 bits per heavy atom. The van der Waals surface area contributed by atoms with Gasteiger partial charge in [-0.05, 0) is 42.2 Å². The van der Waals surface area contributed by atoms with Crippen molar-refractivity contribution in [1.29, 1.82) is 0 Å². The summed E-state index contributed by atoms with van der Waals surface area (Å²) in [6.07, 6.45) is 1.10. The van der Waals surface area contributed by atoms with Crippen LogP contribution in [0.5, 0.6) is 0 Å². The fourth-order valence-corrected chi connectivity index (χ4v) is 2.17. The normalized spacial score (nSPS) is 12.4. The minimum absolute atomic E-state index is 0.310. The molecule has 132 valence electrons. The largest absolute Gasteiger partial charge is 0.416 e. The first-order valence-electron chi connectivity index (χ1n) is 7.92. The second-order valence-corrected chi connectivity index (χ2v) is 5.57. The number of nitrogens with zero attached hydrogens (tertiary/aromatic N) is 2. The number of unbranched alkanes of at least 4 members (excludes halogenated alkanes) is 1. The zero-order chi connectivity index (χ0) is 18.3. The van der Waals surface area contributed by atoms with Crippen LogP contribution in [-0.4, -0.2) is 12.4 Å². The monoisotopic (exact) mass is 350 g/mol. The van der Waals surface area contributed by atoms with Crippen LogP contribution in [0.3, 0.4) is 0 Å². The van der Waals surface area contributed by atoms with Gasteiger partial charge >= 0.3 is 6.18 Å². The molecule has 0 saturated carbocycles. The fourth-order valence-electron chi connectivity index (χ4n) is 2.17. The van der Waals surface area contributed by atoms with Crippen LogP contribution < -0.4 is 0 Å². The summed E-state index contributed by atoms with van der Waals surface area (Å²) in [4.78, 5) is 0. The first kappa shape index (κ1) is 18.8. The van der Waals surface area contributed by atoms with Crippen molar-refractivity contribution < 1.29 is 17.6 Å². The maximum Gasteiger partial charge on any atom is 0.416 e. The summed E-state index contributed by atoms with van der Waals surface area (Å²) >= 11 is 0. The predicted octanol–water partition coefficient (Wildman–Crippen LogP) is 5.64. The third-order valence-electron chi connectivity index (χ3n) is 3.59. The number of halogens is 4. The van der Waals surface area contributed by atoms with E-state index in [0.717, 1.165) is 37.0 Å². The predicted molar refractivity (Wildman–Crippen MR) is 91.6 cm³/mol. The van der Waals surface area contributed by atoms with Crippen LogP contribution in [0, 0.1) is 5.82 Å². The molecule has 0 aliphatic carbocycles. The van der Waals surface area contributed by atoms with Gasteiger partial charge in [0.1, 0.15) is 5.82 Å². The lowest BCUT2D eigenvalue weighted by Gasteiger charge is -2.05. The number of aryl methyl sites for hydroxylation is 1. The van der Waals surface area contributed by atoms with Gasteiger partial charge in [0, 0.05) is 5.56 Å². The first-order valence-corrected chi connectivity index (χ1v) is 7.92. The molecule has 25 heavy (non-hydrogen) atoms. The molecule has 0 aromatic heterocycles. The van der Waals surface area contributed by atoms with Gasteiger partial charge in [-0.1, -0.05) is 37.6 Å². The van der Waals surface area contributed by atoms with Crippen molar-refractivity contribution in [2.75, 3.05) is 0 Å². The Kier molecular flexibility index (Phi) is 6.44. The summed E-state index contributed by atoms with van der Waals surface area (Å²) in [7, 11) is 0. The molecule has 2 aromatic carbocycles. The molecule has 0 aliphatic rings. The van der Waals surface area contributed by atoms with Gasteiger partial charge in [-0.2, -0.15) is 23.4 Å². The van der Waals surface area contributed by atoms with Crippen molar-refractivity contribution in [3.8, 4) is 0 Å². The summed E-state index contributed by atoms with van der Waals surface area (Å²) in [5.74, 6) is -0.373. The number of hydrogen-bond acceptors (Lipinski definition) is 2. The molecule has 0 heterocycles. The zero-order valence-electron chi connectivity index (χ0n) is 13.7. The van der Waals surface area contributed by atoms with E-state index in [2.05, 4.69) is 17.1 Å². The maximum atomic E-state index is 13.9. The molecule has 0 saturated heterocycles. The highest BCUT2D eigenvalue weighted by atomic mass is 19.4. The van der Waals surface area contributed by atoms with Gasteiger partial charge in [0.05, 0.1) is 18.0 Å². The van der Waals surface area contributed by atoms with E-state index < -0.39 is 11.7 Å². The summed E-state index contributed by atoms with van der Waals surface area (Å²) in [5.41, 5.74) is 0.994. The second-order valence-electron chi connectivity index (χ2n) is 5.57. The first-order chi connectivity index (χ1) is 11.9. The highest BCUT2D eigenvalue weighted by Crippen LogP contribution is 2.28.